The number of allylic oxidation sites excluding steroid dienone is 1. The second-order valence-corrected chi connectivity index (χ2v) is 10.6. The zero-order valence-corrected chi connectivity index (χ0v) is 17.9. The van der Waals surface area contributed by atoms with Crippen molar-refractivity contribution < 1.29 is 19.4 Å². The number of fused-ring (bicyclic) bond motifs is 5. The number of aliphatic carboxylic acids is 1. The molecule has 0 radical (unpaired) electrons. The molecule has 1 unspecified atom stereocenters. The Morgan fingerprint density at radius 2 is 1.86 bits per heavy atom. The molecule has 156 valence electrons. The van der Waals surface area contributed by atoms with Crippen molar-refractivity contribution in [2.45, 2.75) is 85.2 Å². The Hall–Kier alpha value is -1.32. The van der Waals surface area contributed by atoms with Gasteiger partial charge < -0.3 is 9.84 Å². The second-order valence-electron chi connectivity index (χ2n) is 10.6. The van der Waals surface area contributed by atoms with Gasteiger partial charge in [0, 0.05) is 6.92 Å². The fourth-order valence-electron chi connectivity index (χ4n) is 8.04. The minimum absolute atomic E-state index is 0.0433. The van der Waals surface area contributed by atoms with Gasteiger partial charge >= 0.3 is 11.9 Å². The zero-order chi connectivity index (χ0) is 20.3. The monoisotopic (exact) mass is 388 g/mol. The minimum Gasteiger partial charge on any atom is -0.481 e. The van der Waals surface area contributed by atoms with E-state index in [0.717, 1.165) is 38.0 Å². The lowest BCUT2D eigenvalue weighted by Gasteiger charge is -2.58. The van der Waals surface area contributed by atoms with Gasteiger partial charge in [-0.25, -0.2) is 0 Å². The molecule has 8 atom stereocenters. The molecule has 3 fully saturated rings. The van der Waals surface area contributed by atoms with E-state index in [2.05, 4.69) is 19.9 Å². The lowest BCUT2D eigenvalue weighted by Crippen LogP contribution is -2.51. The van der Waals surface area contributed by atoms with Crippen LogP contribution >= 0.6 is 0 Å². The predicted molar refractivity (Wildman–Crippen MR) is 108 cm³/mol. The van der Waals surface area contributed by atoms with Crippen LogP contribution in [0.1, 0.15) is 79.1 Å². The van der Waals surface area contributed by atoms with Gasteiger partial charge in [-0.15, -0.1) is 0 Å². The number of carbonyl (C=O) groups is 2. The first kappa shape index (κ1) is 20.0. The summed E-state index contributed by atoms with van der Waals surface area (Å²) in [6.45, 7) is 8.27. The first-order valence-corrected chi connectivity index (χ1v) is 11.3. The third kappa shape index (κ3) is 2.93. The molecule has 0 aromatic rings. The number of carboxylic acids is 1. The van der Waals surface area contributed by atoms with Crippen LogP contribution in [0.25, 0.3) is 0 Å². The minimum atomic E-state index is -0.626. The van der Waals surface area contributed by atoms with Crippen LogP contribution in [0, 0.1) is 40.4 Å². The highest BCUT2D eigenvalue weighted by Crippen LogP contribution is 2.67. The summed E-state index contributed by atoms with van der Waals surface area (Å²) in [7, 11) is 0. The molecule has 28 heavy (non-hydrogen) atoms. The molecule has 0 aromatic carbocycles. The number of esters is 1. The molecule has 3 saturated carbocycles. The van der Waals surface area contributed by atoms with E-state index in [4.69, 9.17) is 4.74 Å². The molecule has 0 aromatic heterocycles. The van der Waals surface area contributed by atoms with E-state index in [1.165, 1.54) is 31.8 Å². The van der Waals surface area contributed by atoms with Crippen LogP contribution in [0.2, 0.25) is 0 Å². The molecule has 1 N–H and O–H groups in total. The molecule has 4 rings (SSSR count). The van der Waals surface area contributed by atoms with Crippen molar-refractivity contribution in [2.75, 3.05) is 0 Å². The third-order valence-corrected chi connectivity index (χ3v) is 9.46. The maximum Gasteiger partial charge on any atom is 0.306 e. The number of hydrogen-bond acceptors (Lipinski definition) is 3. The van der Waals surface area contributed by atoms with E-state index in [-0.39, 0.29) is 28.8 Å². The van der Waals surface area contributed by atoms with E-state index < -0.39 is 5.97 Å². The number of ether oxygens (including phenoxy) is 1. The number of carboxylic acid groups (broad SMARTS) is 1. The van der Waals surface area contributed by atoms with E-state index in [0.29, 0.717) is 17.8 Å². The normalized spacial score (nSPS) is 45.9. The largest absolute Gasteiger partial charge is 0.481 e. The second kappa shape index (κ2) is 6.88. The Morgan fingerprint density at radius 1 is 1.11 bits per heavy atom. The molecule has 4 aliphatic carbocycles. The molecule has 0 bridgehead atoms. The van der Waals surface area contributed by atoms with E-state index in [9.17, 15) is 14.7 Å². The average molecular weight is 389 g/mol. The first-order valence-electron chi connectivity index (χ1n) is 11.3. The van der Waals surface area contributed by atoms with Gasteiger partial charge in [0.25, 0.3) is 0 Å². The van der Waals surface area contributed by atoms with E-state index in [1.807, 2.05) is 6.92 Å². The fraction of sp³-hybridized carbons (Fsp3) is 0.833. The van der Waals surface area contributed by atoms with Crippen molar-refractivity contribution >= 4 is 11.9 Å². The van der Waals surface area contributed by atoms with Crippen molar-refractivity contribution in [3.63, 3.8) is 0 Å². The van der Waals surface area contributed by atoms with Crippen LogP contribution in [0.5, 0.6) is 0 Å². The number of rotatable bonds is 3. The summed E-state index contributed by atoms with van der Waals surface area (Å²) >= 11 is 0. The van der Waals surface area contributed by atoms with Gasteiger partial charge in [0.15, 0.2) is 0 Å². The van der Waals surface area contributed by atoms with Crippen LogP contribution in [-0.2, 0) is 14.3 Å². The number of hydrogen-bond donors (Lipinski definition) is 1. The Morgan fingerprint density at radius 3 is 2.54 bits per heavy atom. The molecule has 4 heteroatoms. The van der Waals surface area contributed by atoms with Gasteiger partial charge in [-0.2, -0.15) is 0 Å². The maximum absolute atomic E-state index is 11.7. The molecule has 0 saturated heterocycles. The topological polar surface area (TPSA) is 63.6 Å². The summed E-state index contributed by atoms with van der Waals surface area (Å²) in [6.07, 6.45) is 11.2. The van der Waals surface area contributed by atoms with Gasteiger partial charge in [0.1, 0.15) is 6.10 Å². The lowest BCUT2D eigenvalue weighted by atomic mass is 9.46. The first-order chi connectivity index (χ1) is 13.2. The van der Waals surface area contributed by atoms with Crippen LogP contribution in [0.4, 0.5) is 0 Å². The molecular formula is C24H36O4. The van der Waals surface area contributed by atoms with Crippen molar-refractivity contribution in [3.05, 3.63) is 11.6 Å². The van der Waals surface area contributed by atoms with Crippen molar-refractivity contribution in [1.29, 1.82) is 0 Å². The maximum atomic E-state index is 11.7. The van der Waals surface area contributed by atoms with Crippen molar-refractivity contribution in [3.8, 4) is 0 Å². The lowest BCUT2D eigenvalue weighted by molar-refractivity contribution is -0.146. The summed E-state index contributed by atoms with van der Waals surface area (Å²) in [4.78, 5) is 23.1. The van der Waals surface area contributed by atoms with Gasteiger partial charge in [-0.1, -0.05) is 26.3 Å². The van der Waals surface area contributed by atoms with Crippen molar-refractivity contribution in [2.24, 2.45) is 40.4 Å². The van der Waals surface area contributed by atoms with E-state index in [1.54, 1.807) is 0 Å². The highest BCUT2D eigenvalue weighted by Gasteiger charge is 2.60. The Labute approximate surface area is 169 Å². The summed E-state index contributed by atoms with van der Waals surface area (Å²) in [5, 5.41) is 9.62. The molecule has 0 spiro atoms. The SMILES string of the molecule is CC(=O)OC1C=C2CC[C@H]3[C@@H]4CC[C@H]([C@H](C)C(=O)O)[C@@]4(C)CC[C@@H]3[C@@]2(C)CC1. The standard InChI is InChI=1S/C24H36O4/c1-14(22(26)27)19-7-8-20-18-6-5-16-13-17(28-15(2)25)9-11-23(16,3)21(18)10-12-24(19,20)4/h13-14,17-21H,5-12H2,1-4H3,(H,26,27)/t14-,17?,18-,19+,20-,21-,23-,24+/m0/s1. The molecule has 4 nitrogen and oxygen atoms in total. The molecule has 0 aliphatic heterocycles. The predicted octanol–water partition coefficient (Wildman–Crippen LogP) is 5.22. The van der Waals surface area contributed by atoms with Crippen LogP contribution < -0.4 is 0 Å². The van der Waals surface area contributed by atoms with Gasteiger partial charge in [0.2, 0.25) is 0 Å². The van der Waals surface area contributed by atoms with Crippen molar-refractivity contribution in [1.82, 2.24) is 0 Å². The van der Waals surface area contributed by atoms with Crippen LogP contribution in [0.15, 0.2) is 11.6 Å². The molecule has 0 heterocycles. The molecule has 4 aliphatic rings. The summed E-state index contributed by atoms with van der Waals surface area (Å²) in [5.74, 6) is 1.36. The number of carbonyl (C=O) groups excluding carboxylic acids is 1. The average Bonchev–Trinajstić information content (AvgIpc) is 2.98. The summed E-state index contributed by atoms with van der Waals surface area (Å²) in [5.41, 5.74) is 1.94. The fourth-order valence-corrected chi connectivity index (χ4v) is 8.04. The summed E-state index contributed by atoms with van der Waals surface area (Å²) in [6, 6.07) is 0. The smallest absolute Gasteiger partial charge is 0.306 e. The third-order valence-electron chi connectivity index (χ3n) is 9.46. The molecule has 0 amide bonds. The van der Waals surface area contributed by atoms with E-state index >= 15 is 0 Å². The summed E-state index contributed by atoms with van der Waals surface area (Å²) < 4.78 is 5.50. The quantitative estimate of drug-likeness (QED) is 0.532. The highest BCUT2D eigenvalue weighted by atomic mass is 16.5. The Bertz CT molecular complexity index is 697. The highest BCUT2D eigenvalue weighted by molar-refractivity contribution is 5.70. The molecular weight excluding hydrogens is 352 g/mol. The Balaban J connectivity index is 1.57. The van der Waals surface area contributed by atoms with Crippen LogP contribution in [-0.4, -0.2) is 23.1 Å². The van der Waals surface area contributed by atoms with Gasteiger partial charge in [-0.05, 0) is 91.9 Å². The van der Waals surface area contributed by atoms with Crippen LogP contribution in [0.3, 0.4) is 0 Å². The van der Waals surface area contributed by atoms with Gasteiger partial charge in [-0.3, -0.25) is 9.59 Å². The van der Waals surface area contributed by atoms with Gasteiger partial charge in [0.05, 0.1) is 5.92 Å². The zero-order valence-electron chi connectivity index (χ0n) is 17.9. The Kier molecular flexibility index (Phi) is 4.91.